The predicted octanol–water partition coefficient (Wildman–Crippen LogP) is 5.37. The van der Waals surface area contributed by atoms with Gasteiger partial charge in [0.15, 0.2) is 5.76 Å². The van der Waals surface area contributed by atoms with Crippen molar-refractivity contribution in [2.45, 2.75) is 33.1 Å². The maximum atomic E-state index is 13.3. The summed E-state index contributed by atoms with van der Waals surface area (Å²) in [7, 11) is 0. The van der Waals surface area contributed by atoms with Crippen molar-refractivity contribution in [3.05, 3.63) is 64.4 Å². The molecule has 2 N–H and O–H groups in total. The summed E-state index contributed by atoms with van der Waals surface area (Å²) in [6, 6.07) is 10.6. The number of ether oxygens (including phenoxy) is 1. The minimum Gasteiger partial charge on any atom is -0.492 e. The molecule has 1 aromatic carbocycles. The van der Waals surface area contributed by atoms with Crippen LogP contribution in [-0.2, 0) is 12.8 Å². The molecular formula is C23H24N2O4S. The summed E-state index contributed by atoms with van der Waals surface area (Å²) in [5.74, 6) is 0.772. The van der Waals surface area contributed by atoms with Crippen molar-refractivity contribution in [3.63, 3.8) is 0 Å². The number of rotatable bonds is 6. The molecule has 4 rings (SSSR count). The molecule has 0 spiro atoms. The highest BCUT2D eigenvalue weighted by Gasteiger charge is 2.29. The molecule has 1 atom stereocenters. The molecule has 0 saturated carbocycles. The Kier molecular flexibility index (Phi) is 5.90. The van der Waals surface area contributed by atoms with E-state index >= 15 is 0 Å². The van der Waals surface area contributed by atoms with E-state index in [2.05, 4.69) is 17.6 Å². The van der Waals surface area contributed by atoms with Gasteiger partial charge in [-0.1, -0.05) is 19.1 Å². The Labute approximate surface area is 179 Å². The SMILES string of the molecule is CCOc1ccccc1NC(=O)c1c(NC(=O)c2ccco2)sc2c1CC[C@@H](C)C2. The molecule has 30 heavy (non-hydrogen) atoms. The molecule has 2 heterocycles. The van der Waals surface area contributed by atoms with E-state index in [9.17, 15) is 9.59 Å². The summed E-state index contributed by atoms with van der Waals surface area (Å²) in [4.78, 5) is 27.1. The molecule has 1 aliphatic rings. The van der Waals surface area contributed by atoms with Crippen molar-refractivity contribution >= 4 is 33.8 Å². The maximum absolute atomic E-state index is 13.3. The van der Waals surface area contributed by atoms with Crippen LogP contribution in [0.1, 0.15) is 51.6 Å². The molecule has 0 bridgehead atoms. The Bertz CT molecular complexity index is 1060. The van der Waals surface area contributed by atoms with Crippen molar-refractivity contribution < 1.29 is 18.7 Å². The van der Waals surface area contributed by atoms with Crippen LogP contribution < -0.4 is 15.4 Å². The van der Waals surface area contributed by atoms with E-state index in [0.717, 1.165) is 29.7 Å². The monoisotopic (exact) mass is 424 g/mol. The zero-order chi connectivity index (χ0) is 21.1. The Balaban J connectivity index is 1.67. The molecule has 1 aliphatic carbocycles. The molecule has 0 saturated heterocycles. The number of benzene rings is 1. The summed E-state index contributed by atoms with van der Waals surface area (Å²) >= 11 is 1.48. The highest BCUT2D eigenvalue weighted by atomic mass is 32.1. The summed E-state index contributed by atoms with van der Waals surface area (Å²) in [6.45, 7) is 4.61. The second kappa shape index (κ2) is 8.75. The lowest BCUT2D eigenvalue weighted by atomic mass is 9.88. The molecular weight excluding hydrogens is 400 g/mol. The van der Waals surface area contributed by atoms with Crippen LogP contribution in [0.4, 0.5) is 10.7 Å². The zero-order valence-corrected chi connectivity index (χ0v) is 17.8. The quantitative estimate of drug-likeness (QED) is 0.557. The molecule has 0 unspecified atom stereocenters. The van der Waals surface area contributed by atoms with Gasteiger partial charge in [-0.2, -0.15) is 0 Å². The predicted molar refractivity (Wildman–Crippen MR) is 118 cm³/mol. The number of carbonyl (C=O) groups is 2. The average Bonchev–Trinajstić information content (AvgIpc) is 3.37. The summed E-state index contributed by atoms with van der Waals surface area (Å²) < 4.78 is 10.8. The summed E-state index contributed by atoms with van der Waals surface area (Å²) in [6.07, 6.45) is 4.20. The van der Waals surface area contributed by atoms with E-state index in [1.165, 1.54) is 17.6 Å². The highest BCUT2D eigenvalue weighted by Crippen LogP contribution is 2.40. The Morgan fingerprint density at radius 2 is 2.00 bits per heavy atom. The topological polar surface area (TPSA) is 80.6 Å². The molecule has 3 aromatic rings. The number of anilines is 2. The van der Waals surface area contributed by atoms with E-state index in [4.69, 9.17) is 9.15 Å². The number of hydrogen-bond donors (Lipinski definition) is 2. The third-order valence-electron chi connectivity index (χ3n) is 5.15. The van der Waals surface area contributed by atoms with Gasteiger partial charge in [0.05, 0.1) is 24.1 Å². The zero-order valence-electron chi connectivity index (χ0n) is 17.0. The van der Waals surface area contributed by atoms with Gasteiger partial charge in [-0.3, -0.25) is 9.59 Å². The number of hydrogen-bond acceptors (Lipinski definition) is 5. The smallest absolute Gasteiger partial charge is 0.291 e. The van der Waals surface area contributed by atoms with Crippen molar-refractivity contribution in [3.8, 4) is 5.75 Å². The number of fused-ring (bicyclic) bond motifs is 1. The van der Waals surface area contributed by atoms with Crippen LogP contribution in [0, 0.1) is 5.92 Å². The lowest BCUT2D eigenvalue weighted by molar-refractivity contribution is 0.0997. The fourth-order valence-electron chi connectivity index (χ4n) is 3.69. The van der Waals surface area contributed by atoms with E-state index < -0.39 is 0 Å². The summed E-state index contributed by atoms with van der Waals surface area (Å²) in [5.41, 5.74) is 2.17. The number of carbonyl (C=O) groups excluding carboxylic acids is 2. The minimum atomic E-state index is -0.365. The average molecular weight is 425 g/mol. The molecule has 7 heteroatoms. The first-order valence-electron chi connectivity index (χ1n) is 10.1. The number of furan rings is 1. The standard InChI is InChI=1S/C23H24N2O4S/c1-3-28-17-8-5-4-7-16(17)24-22(27)20-15-11-10-14(2)13-19(15)30-23(20)25-21(26)18-9-6-12-29-18/h4-9,12,14H,3,10-11,13H2,1-2H3,(H,24,27)(H,25,26)/t14-/m1/s1. The first-order valence-corrected chi connectivity index (χ1v) is 10.9. The van der Waals surface area contributed by atoms with Crippen LogP contribution in [0.3, 0.4) is 0 Å². The second-order valence-corrected chi connectivity index (χ2v) is 8.48. The van der Waals surface area contributed by atoms with Crippen LogP contribution in [0.5, 0.6) is 5.75 Å². The maximum Gasteiger partial charge on any atom is 0.291 e. The van der Waals surface area contributed by atoms with E-state index in [1.807, 2.05) is 31.2 Å². The number of amides is 2. The number of nitrogens with one attached hydrogen (secondary N) is 2. The van der Waals surface area contributed by atoms with Gasteiger partial charge < -0.3 is 19.8 Å². The molecule has 0 radical (unpaired) electrons. The van der Waals surface area contributed by atoms with Crippen molar-refractivity contribution in [2.75, 3.05) is 17.2 Å². The van der Waals surface area contributed by atoms with Gasteiger partial charge in [-0.15, -0.1) is 11.3 Å². The van der Waals surface area contributed by atoms with Crippen molar-refractivity contribution in [1.29, 1.82) is 0 Å². The highest BCUT2D eigenvalue weighted by molar-refractivity contribution is 7.17. The third-order valence-corrected chi connectivity index (χ3v) is 6.32. The minimum absolute atomic E-state index is 0.211. The first kappa shape index (κ1) is 20.2. The van der Waals surface area contributed by atoms with Crippen LogP contribution in [-0.4, -0.2) is 18.4 Å². The lowest BCUT2D eigenvalue weighted by Gasteiger charge is -2.19. The Hall–Kier alpha value is -3.06. The van der Waals surface area contributed by atoms with Gasteiger partial charge in [-0.05, 0) is 61.9 Å². The normalized spacial score (nSPS) is 15.3. The van der Waals surface area contributed by atoms with Crippen LogP contribution >= 0.6 is 11.3 Å². The third kappa shape index (κ3) is 4.11. The van der Waals surface area contributed by atoms with Gasteiger partial charge in [-0.25, -0.2) is 0 Å². The van der Waals surface area contributed by atoms with Gasteiger partial charge >= 0.3 is 0 Å². The fraction of sp³-hybridized carbons (Fsp3) is 0.304. The van der Waals surface area contributed by atoms with E-state index in [-0.39, 0.29) is 17.6 Å². The largest absolute Gasteiger partial charge is 0.492 e. The van der Waals surface area contributed by atoms with Crippen molar-refractivity contribution in [2.24, 2.45) is 5.92 Å². The number of para-hydroxylation sites is 2. The molecule has 0 fully saturated rings. The fourth-order valence-corrected chi connectivity index (χ4v) is 5.09. The van der Waals surface area contributed by atoms with Gasteiger partial charge in [0.2, 0.25) is 0 Å². The van der Waals surface area contributed by atoms with Crippen molar-refractivity contribution in [1.82, 2.24) is 0 Å². The molecule has 6 nitrogen and oxygen atoms in total. The Morgan fingerprint density at radius 3 is 2.77 bits per heavy atom. The van der Waals surface area contributed by atoms with E-state index in [1.54, 1.807) is 12.1 Å². The number of thiophene rings is 1. The van der Waals surface area contributed by atoms with Crippen LogP contribution in [0.25, 0.3) is 0 Å². The molecule has 0 aliphatic heterocycles. The lowest BCUT2D eigenvalue weighted by Crippen LogP contribution is -2.19. The van der Waals surface area contributed by atoms with Gasteiger partial charge in [0, 0.05) is 4.88 Å². The second-order valence-electron chi connectivity index (χ2n) is 7.37. The van der Waals surface area contributed by atoms with Crippen LogP contribution in [0.2, 0.25) is 0 Å². The molecule has 156 valence electrons. The van der Waals surface area contributed by atoms with Crippen LogP contribution in [0.15, 0.2) is 47.1 Å². The molecule has 2 amide bonds. The van der Waals surface area contributed by atoms with E-state index in [0.29, 0.717) is 34.5 Å². The molecule has 2 aromatic heterocycles. The first-order chi connectivity index (χ1) is 14.6. The van der Waals surface area contributed by atoms with Gasteiger partial charge in [0.25, 0.3) is 11.8 Å². The van der Waals surface area contributed by atoms with Gasteiger partial charge in [0.1, 0.15) is 10.8 Å². The summed E-state index contributed by atoms with van der Waals surface area (Å²) in [5, 5.41) is 6.42. The Morgan fingerprint density at radius 1 is 1.17 bits per heavy atom.